The van der Waals surface area contributed by atoms with Gasteiger partial charge in [-0.2, -0.15) is 5.10 Å². The molecule has 2 aromatic carbocycles. The van der Waals surface area contributed by atoms with Gasteiger partial charge in [-0.3, -0.25) is 9.59 Å². The van der Waals surface area contributed by atoms with Gasteiger partial charge in [0.25, 0.3) is 5.56 Å². The predicted molar refractivity (Wildman–Crippen MR) is 118 cm³/mol. The number of nitrogens with zero attached hydrogens (tertiary/aromatic N) is 4. The Morgan fingerprint density at radius 2 is 1.97 bits per heavy atom. The fraction of sp³-hybridized carbons (Fsp3) is 0.0870. The van der Waals surface area contributed by atoms with E-state index in [0.29, 0.717) is 22.4 Å². The molecule has 3 heterocycles. The molecular weight excluding hydrogens is 446 g/mol. The molecule has 0 fully saturated rings. The third-order valence-corrected chi connectivity index (χ3v) is 5.09. The molecule has 3 aromatic heterocycles. The molecule has 0 saturated heterocycles. The van der Waals surface area contributed by atoms with Crippen LogP contribution in [0.1, 0.15) is 12.3 Å². The number of fused-ring (bicyclic) bond motifs is 1. The molecule has 0 atom stereocenters. The van der Waals surface area contributed by atoms with Crippen LogP contribution in [0.5, 0.6) is 0 Å². The quantitative estimate of drug-likeness (QED) is 0.398. The number of carbonyl (C=O) groups is 1. The average Bonchev–Trinajstić information content (AvgIpc) is 3.46. The van der Waals surface area contributed by atoms with Gasteiger partial charge >= 0.3 is 0 Å². The third-order valence-electron chi connectivity index (χ3n) is 5.09. The van der Waals surface area contributed by atoms with E-state index in [1.54, 1.807) is 24.3 Å². The van der Waals surface area contributed by atoms with E-state index in [0.717, 1.165) is 12.1 Å². The number of oxazole rings is 1. The van der Waals surface area contributed by atoms with Crippen molar-refractivity contribution in [1.82, 2.24) is 24.7 Å². The summed E-state index contributed by atoms with van der Waals surface area (Å²) in [5.74, 6) is -1.39. The van der Waals surface area contributed by atoms with Crippen LogP contribution in [0.4, 0.5) is 14.5 Å². The van der Waals surface area contributed by atoms with Crippen LogP contribution in [0.15, 0.2) is 70.4 Å². The van der Waals surface area contributed by atoms with Crippen LogP contribution < -0.4 is 10.9 Å². The van der Waals surface area contributed by atoms with Crippen molar-refractivity contribution in [2.75, 3.05) is 5.32 Å². The first-order valence-corrected chi connectivity index (χ1v) is 10.2. The van der Waals surface area contributed by atoms with Crippen molar-refractivity contribution in [1.29, 1.82) is 0 Å². The number of carbonyl (C=O) groups excluding carboxylic acids is 1. The van der Waals surface area contributed by atoms with Gasteiger partial charge in [0.05, 0.1) is 35.7 Å². The summed E-state index contributed by atoms with van der Waals surface area (Å²) in [6.07, 6.45) is 4.23. The van der Waals surface area contributed by atoms with Crippen LogP contribution in [0.2, 0.25) is 0 Å². The lowest BCUT2D eigenvalue weighted by Crippen LogP contribution is -2.15. The van der Waals surface area contributed by atoms with Crippen LogP contribution >= 0.6 is 0 Å². The first kappa shape index (κ1) is 21.2. The van der Waals surface area contributed by atoms with Crippen LogP contribution in [0, 0.1) is 11.6 Å². The maximum absolute atomic E-state index is 14.0. The van der Waals surface area contributed by atoms with E-state index in [-0.39, 0.29) is 41.5 Å². The molecule has 0 bridgehead atoms. The van der Waals surface area contributed by atoms with Crippen molar-refractivity contribution in [2.45, 2.75) is 12.8 Å². The highest BCUT2D eigenvalue weighted by atomic mass is 19.1. The highest BCUT2D eigenvalue weighted by Crippen LogP contribution is 2.25. The number of anilines is 1. The summed E-state index contributed by atoms with van der Waals surface area (Å²) in [5.41, 5.74) is 1.13. The Morgan fingerprint density at radius 3 is 2.82 bits per heavy atom. The second-order valence-corrected chi connectivity index (χ2v) is 7.33. The third kappa shape index (κ3) is 4.06. The topological polar surface area (TPSA) is 119 Å². The SMILES string of the molecule is O=C(CCc1ncc(-c2ccc(F)cc2F)o1)Nc1ccccc1-n1ncc2c(=O)[nH]cnc21. The van der Waals surface area contributed by atoms with E-state index in [9.17, 15) is 18.4 Å². The lowest BCUT2D eigenvalue weighted by Gasteiger charge is -2.11. The number of hydrogen-bond donors (Lipinski definition) is 2. The number of rotatable bonds is 6. The fourth-order valence-corrected chi connectivity index (χ4v) is 3.47. The maximum Gasteiger partial charge on any atom is 0.261 e. The first-order chi connectivity index (χ1) is 16.5. The second-order valence-electron chi connectivity index (χ2n) is 7.33. The zero-order valence-electron chi connectivity index (χ0n) is 17.5. The Bertz CT molecular complexity index is 1570. The van der Waals surface area contributed by atoms with Crippen molar-refractivity contribution in [3.8, 4) is 17.0 Å². The van der Waals surface area contributed by atoms with Gasteiger partial charge in [-0.15, -0.1) is 0 Å². The number of aromatic nitrogens is 5. The molecule has 2 N–H and O–H groups in total. The molecule has 0 aliphatic rings. The highest BCUT2D eigenvalue weighted by molar-refractivity contribution is 5.93. The molecule has 0 radical (unpaired) electrons. The summed E-state index contributed by atoms with van der Waals surface area (Å²) in [6.45, 7) is 0. The van der Waals surface area contributed by atoms with Gasteiger partial charge in [0.15, 0.2) is 17.3 Å². The molecule has 5 rings (SSSR count). The molecule has 5 aromatic rings. The zero-order chi connectivity index (χ0) is 23.7. The first-order valence-electron chi connectivity index (χ1n) is 10.2. The van der Waals surface area contributed by atoms with Gasteiger partial charge in [0, 0.05) is 18.9 Å². The Labute approximate surface area is 190 Å². The smallest absolute Gasteiger partial charge is 0.261 e. The van der Waals surface area contributed by atoms with Crippen molar-refractivity contribution < 1.29 is 18.0 Å². The molecule has 0 saturated carbocycles. The lowest BCUT2D eigenvalue weighted by molar-refractivity contribution is -0.116. The van der Waals surface area contributed by atoms with Crippen molar-refractivity contribution in [2.24, 2.45) is 0 Å². The van der Waals surface area contributed by atoms with E-state index in [1.807, 2.05) is 0 Å². The highest BCUT2D eigenvalue weighted by Gasteiger charge is 2.16. The number of aromatic amines is 1. The van der Waals surface area contributed by atoms with Gasteiger partial charge in [-0.1, -0.05) is 12.1 Å². The Balaban J connectivity index is 1.30. The van der Waals surface area contributed by atoms with E-state index >= 15 is 0 Å². The molecular formula is C23H16F2N6O3. The Morgan fingerprint density at radius 1 is 1.12 bits per heavy atom. The molecule has 0 spiro atoms. The van der Waals surface area contributed by atoms with Crippen LogP contribution in [-0.4, -0.2) is 30.6 Å². The number of amides is 1. The van der Waals surface area contributed by atoms with Gasteiger partial charge in [-0.25, -0.2) is 23.4 Å². The molecule has 34 heavy (non-hydrogen) atoms. The summed E-state index contributed by atoms with van der Waals surface area (Å²) in [6, 6.07) is 10.1. The number of hydrogen-bond acceptors (Lipinski definition) is 6. The van der Waals surface area contributed by atoms with Gasteiger partial charge in [-0.05, 0) is 24.3 Å². The predicted octanol–water partition coefficient (Wildman–Crippen LogP) is 3.61. The van der Waals surface area contributed by atoms with Crippen LogP contribution in [0.25, 0.3) is 28.0 Å². The summed E-state index contributed by atoms with van der Waals surface area (Å²) < 4.78 is 34.1. The molecule has 170 valence electrons. The Kier molecular flexibility index (Phi) is 5.42. The molecule has 0 aliphatic heterocycles. The summed E-state index contributed by atoms with van der Waals surface area (Å²) in [7, 11) is 0. The molecule has 11 heteroatoms. The van der Waals surface area contributed by atoms with E-state index in [2.05, 4.69) is 25.4 Å². The monoisotopic (exact) mass is 462 g/mol. The minimum absolute atomic E-state index is 0.0396. The van der Waals surface area contributed by atoms with Crippen LogP contribution in [0.3, 0.4) is 0 Å². The van der Waals surface area contributed by atoms with Crippen molar-refractivity contribution in [3.63, 3.8) is 0 Å². The minimum Gasteiger partial charge on any atom is -0.441 e. The van der Waals surface area contributed by atoms with E-state index in [4.69, 9.17) is 4.42 Å². The number of nitrogens with one attached hydrogen (secondary N) is 2. The standard InChI is InChI=1S/C23H16F2N6O3/c24-13-5-6-14(16(25)9-13)19-11-26-21(34-19)8-7-20(32)30-17-3-1-2-4-18(17)31-22-15(10-29-31)23(33)28-12-27-22/h1-6,9-12H,7-8H2,(H,30,32)(H,27,28,33). The Hall–Kier alpha value is -4.67. The number of benzene rings is 2. The lowest BCUT2D eigenvalue weighted by atomic mass is 10.2. The summed E-state index contributed by atoms with van der Waals surface area (Å²) >= 11 is 0. The molecule has 1 amide bonds. The number of aryl methyl sites for hydroxylation is 1. The van der Waals surface area contributed by atoms with E-state index < -0.39 is 11.6 Å². The average molecular weight is 462 g/mol. The molecule has 0 unspecified atom stereocenters. The maximum atomic E-state index is 14.0. The van der Waals surface area contributed by atoms with E-state index in [1.165, 1.54) is 29.5 Å². The summed E-state index contributed by atoms with van der Waals surface area (Å²) in [4.78, 5) is 35.3. The second kappa shape index (κ2) is 8.70. The minimum atomic E-state index is -0.764. The van der Waals surface area contributed by atoms with Crippen LogP contribution in [-0.2, 0) is 11.2 Å². The van der Waals surface area contributed by atoms with Gasteiger partial charge < -0.3 is 14.7 Å². The molecule has 9 nitrogen and oxygen atoms in total. The summed E-state index contributed by atoms with van der Waals surface area (Å²) in [5, 5.41) is 7.37. The number of halogens is 2. The van der Waals surface area contributed by atoms with Gasteiger partial charge in [0.2, 0.25) is 5.91 Å². The number of H-pyrrole nitrogens is 1. The van der Waals surface area contributed by atoms with Gasteiger partial charge in [0.1, 0.15) is 17.0 Å². The fourth-order valence-electron chi connectivity index (χ4n) is 3.47. The number of para-hydroxylation sites is 2. The largest absolute Gasteiger partial charge is 0.441 e. The normalized spacial score (nSPS) is 11.1. The zero-order valence-corrected chi connectivity index (χ0v) is 17.5. The molecule has 0 aliphatic carbocycles. The van der Waals surface area contributed by atoms with Crippen molar-refractivity contribution in [3.05, 3.63) is 89.1 Å². The van der Waals surface area contributed by atoms with Crippen molar-refractivity contribution >= 4 is 22.6 Å².